The lowest BCUT2D eigenvalue weighted by Crippen LogP contribution is -2.03. The van der Waals surface area contributed by atoms with E-state index in [4.69, 9.17) is 9.93 Å². The first-order chi connectivity index (χ1) is 5.81. The van der Waals surface area contributed by atoms with Crippen molar-refractivity contribution in [2.75, 3.05) is 0 Å². The molecule has 1 aliphatic carbocycles. The zero-order chi connectivity index (χ0) is 8.55. The molecule has 62 valence electrons. The van der Waals surface area contributed by atoms with Crippen molar-refractivity contribution < 1.29 is 4.52 Å². The van der Waals surface area contributed by atoms with Crippen LogP contribution in [0.5, 0.6) is 0 Å². The number of nitrogens with one attached hydrogen (secondary N) is 1. The number of nitrogens with zero attached hydrogens (tertiary/aromatic N) is 1. The maximum absolute atomic E-state index is 7.09. The quantitative estimate of drug-likeness (QED) is 0.641. The maximum atomic E-state index is 7.09. The van der Waals surface area contributed by atoms with Crippen molar-refractivity contribution in [2.45, 2.75) is 13.3 Å². The molecule has 2 rings (SSSR count). The number of allylic oxidation sites excluding steroid dienone is 1. The van der Waals surface area contributed by atoms with E-state index in [9.17, 15) is 0 Å². The zero-order valence-corrected chi connectivity index (χ0v) is 6.87. The minimum absolute atomic E-state index is 0.524. The van der Waals surface area contributed by atoms with Gasteiger partial charge in [-0.15, -0.1) is 0 Å². The average molecular weight is 162 g/mol. The van der Waals surface area contributed by atoms with E-state index in [0.29, 0.717) is 11.6 Å². The Labute approximate surface area is 70.6 Å². The highest BCUT2D eigenvalue weighted by Crippen LogP contribution is 2.24. The first kappa shape index (κ1) is 7.28. The Balaban J connectivity index is 2.49. The number of hydrogen-bond acceptors (Lipinski definition) is 3. The summed E-state index contributed by atoms with van der Waals surface area (Å²) in [4.78, 5) is 0. The van der Waals surface area contributed by atoms with Gasteiger partial charge in [0.15, 0.2) is 5.76 Å². The van der Waals surface area contributed by atoms with Gasteiger partial charge in [-0.3, -0.25) is 0 Å². The van der Waals surface area contributed by atoms with Crippen LogP contribution in [0.15, 0.2) is 10.6 Å². The van der Waals surface area contributed by atoms with Crippen molar-refractivity contribution in [3.05, 3.63) is 23.1 Å². The molecule has 0 saturated heterocycles. The Morgan fingerprint density at radius 1 is 1.75 bits per heavy atom. The number of hydrogen-bond donors (Lipinski definition) is 1. The summed E-state index contributed by atoms with van der Waals surface area (Å²) in [7, 11) is 0. The van der Waals surface area contributed by atoms with Crippen LogP contribution in [0.2, 0.25) is 0 Å². The van der Waals surface area contributed by atoms with Crippen molar-refractivity contribution >= 4 is 12.3 Å². The maximum Gasteiger partial charge on any atom is 0.163 e. The Bertz CT molecular complexity index is 338. The summed E-state index contributed by atoms with van der Waals surface area (Å²) in [6, 6.07) is 0. The monoisotopic (exact) mass is 162 g/mol. The van der Waals surface area contributed by atoms with E-state index in [1.165, 1.54) is 6.21 Å². The van der Waals surface area contributed by atoms with Crippen molar-refractivity contribution in [3.63, 3.8) is 0 Å². The molecule has 1 unspecified atom stereocenters. The van der Waals surface area contributed by atoms with Crippen LogP contribution in [0, 0.1) is 11.3 Å². The van der Waals surface area contributed by atoms with Crippen molar-refractivity contribution in [3.8, 4) is 0 Å². The second kappa shape index (κ2) is 2.59. The van der Waals surface area contributed by atoms with E-state index in [1.54, 1.807) is 0 Å². The molecule has 3 heteroatoms. The minimum Gasteiger partial charge on any atom is -0.356 e. The molecule has 0 saturated carbocycles. The highest BCUT2D eigenvalue weighted by atomic mass is 16.5. The molecule has 0 fully saturated rings. The second-order valence-electron chi connectivity index (χ2n) is 3.10. The molecule has 0 bridgehead atoms. The molecular weight excluding hydrogens is 152 g/mol. The molecule has 1 atom stereocenters. The van der Waals surface area contributed by atoms with Gasteiger partial charge in [0.2, 0.25) is 0 Å². The fraction of sp³-hybridized carbons (Fsp3) is 0.333. The molecule has 1 heterocycles. The van der Waals surface area contributed by atoms with Crippen molar-refractivity contribution in [1.82, 2.24) is 5.16 Å². The summed E-state index contributed by atoms with van der Waals surface area (Å²) >= 11 is 0. The lowest BCUT2D eigenvalue weighted by atomic mass is 9.94. The first-order valence-corrected chi connectivity index (χ1v) is 3.98. The molecule has 0 spiro atoms. The highest BCUT2D eigenvalue weighted by molar-refractivity contribution is 5.78. The summed E-state index contributed by atoms with van der Waals surface area (Å²) in [5.74, 6) is 1.34. The summed E-state index contributed by atoms with van der Waals surface area (Å²) in [6.07, 6.45) is 6.21. The van der Waals surface area contributed by atoms with Gasteiger partial charge < -0.3 is 9.93 Å². The van der Waals surface area contributed by atoms with E-state index < -0.39 is 0 Å². The highest BCUT2D eigenvalue weighted by Gasteiger charge is 2.17. The molecule has 0 amide bonds. The van der Waals surface area contributed by atoms with Crippen LogP contribution >= 0.6 is 0 Å². The fourth-order valence-corrected chi connectivity index (χ4v) is 1.43. The van der Waals surface area contributed by atoms with Gasteiger partial charge in [0.1, 0.15) is 5.69 Å². The van der Waals surface area contributed by atoms with Gasteiger partial charge in [0, 0.05) is 11.8 Å². The first-order valence-electron chi connectivity index (χ1n) is 3.98. The van der Waals surface area contributed by atoms with Gasteiger partial charge in [-0.2, -0.15) is 0 Å². The molecular formula is C9H10N2O. The largest absolute Gasteiger partial charge is 0.356 e. The zero-order valence-electron chi connectivity index (χ0n) is 6.87. The molecule has 1 aromatic heterocycles. The van der Waals surface area contributed by atoms with Crippen LogP contribution in [-0.4, -0.2) is 11.4 Å². The molecule has 1 aromatic rings. The van der Waals surface area contributed by atoms with Gasteiger partial charge in [-0.05, 0) is 18.4 Å². The Hall–Kier alpha value is -1.38. The summed E-state index contributed by atoms with van der Waals surface area (Å²) in [6.45, 7) is 2.14. The van der Waals surface area contributed by atoms with Gasteiger partial charge >= 0.3 is 0 Å². The third-order valence-electron chi connectivity index (χ3n) is 2.09. The molecule has 1 N–H and O–H groups in total. The number of fused-ring (bicyclic) bond motifs is 1. The Morgan fingerprint density at radius 3 is 3.33 bits per heavy atom. The van der Waals surface area contributed by atoms with Crippen LogP contribution in [0.25, 0.3) is 6.08 Å². The van der Waals surface area contributed by atoms with E-state index in [2.05, 4.69) is 18.2 Å². The van der Waals surface area contributed by atoms with Crippen LogP contribution in [0.3, 0.4) is 0 Å². The van der Waals surface area contributed by atoms with Gasteiger partial charge in [-0.25, -0.2) is 0 Å². The molecule has 0 radical (unpaired) electrons. The third kappa shape index (κ3) is 0.978. The number of aromatic nitrogens is 1. The lowest BCUT2D eigenvalue weighted by molar-refractivity contribution is 0.409. The summed E-state index contributed by atoms with van der Waals surface area (Å²) < 4.78 is 5.04. The van der Waals surface area contributed by atoms with Crippen LogP contribution in [0.1, 0.15) is 23.9 Å². The Morgan fingerprint density at radius 2 is 2.58 bits per heavy atom. The van der Waals surface area contributed by atoms with E-state index in [1.807, 2.05) is 6.08 Å². The summed E-state index contributed by atoms with van der Waals surface area (Å²) in [5.41, 5.74) is 1.74. The lowest BCUT2D eigenvalue weighted by Gasteiger charge is -2.09. The SMILES string of the molecule is CC1C=Cc2onc(C=N)c2C1. The predicted octanol–water partition coefficient (Wildman–Crippen LogP) is 1.88. The van der Waals surface area contributed by atoms with Crippen LogP contribution < -0.4 is 0 Å². The fourth-order valence-electron chi connectivity index (χ4n) is 1.43. The van der Waals surface area contributed by atoms with E-state index in [-0.39, 0.29) is 0 Å². The van der Waals surface area contributed by atoms with Crippen molar-refractivity contribution in [1.29, 1.82) is 5.41 Å². The van der Waals surface area contributed by atoms with Gasteiger partial charge in [0.25, 0.3) is 0 Å². The number of rotatable bonds is 1. The Kier molecular flexibility index (Phi) is 1.57. The van der Waals surface area contributed by atoms with Gasteiger partial charge in [-0.1, -0.05) is 18.2 Å². The standard InChI is InChI=1S/C9H10N2O/c1-6-2-3-9-7(4-6)8(5-10)11-12-9/h2-3,5-6,10H,4H2,1H3. The summed E-state index contributed by atoms with van der Waals surface area (Å²) in [5, 5.41) is 10.9. The van der Waals surface area contributed by atoms with E-state index in [0.717, 1.165) is 17.7 Å². The second-order valence-corrected chi connectivity index (χ2v) is 3.10. The van der Waals surface area contributed by atoms with Gasteiger partial charge in [0.05, 0.1) is 0 Å². The predicted molar refractivity (Wildman–Crippen MR) is 46.3 cm³/mol. The molecule has 1 aliphatic rings. The minimum atomic E-state index is 0.524. The smallest absolute Gasteiger partial charge is 0.163 e. The van der Waals surface area contributed by atoms with Crippen LogP contribution in [-0.2, 0) is 6.42 Å². The average Bonchev–Trinajstić information content (AvgIpc) is 2.46. The third-order valence-corrected chi connectivity index (χ3v) is 2.09. The van der Waals surface area contributed by atoms with Crippen molar-refractivity contribution in [2.24, 2.45) is 5.92 Å². The topological polar surface area (TPSA) is 49.9 Å². The molecule has 0 aromatic carbocycles. The molecule has 0 aliphatic heterocycles. The van der Waals surface area contributed by atoms with E-state index >= 15 is 0 Å². The molecule has 3 nitrogen and oxygen atoms in total. The molecule has 12 heavy (non-hydrogen) atoms. The van der Waals surface area contributed by atoms with Crippen LogP contribution in [0.4, 0.5) is 0 Å². The normalized spacial score (nSPS) is 20.6.